The minimum atomic E-state index is 0.832. The summed E-state index contributed by atoms with van der Waals surface area (Å²) in [7, 11) is 0. The highest BCUT2D eigenvalue weighted by atomic mass is 32.1. The van der Waals surface area contributed by atoms with E-state index in [-0.39, 0.29) is 0 Å². The molecule has 0 saturated heterocycles. The fraction of sp³-hybridized carbons (Fsp3) is 0.391. The van der Waals surface area contributed by atoms with Crippen molar-refractivity contribution in [2.45, 2.75) is 105 Å². The molecule has 0 N–H and O–H groups in total. The van der Waals surface area contributed by atoms with Crippen molar-refractivity contribution in [1.82, 2.24) is 18.7 Å². The number of thiophene rings is 2. The van der Waals surface area contributed by atoms with Crippen LogP contribution in [0.1, 0.15) is 103 Å². The third kappa shape index (κ3) is 8.64. The molecule has 0 aliphatic heterocycles. The number of hydrogen-bond donors (Lipinski definition) is 0. The van der Waals surface area contributed by atoms with Gasteiger partial charge in [0, 0.05) is 43.0 Å². The highest BCUT2D eigenvalue weighted by Crippen LogP contribution is 2.46. The van der Waals surface area contributed by atoms with Crippen LogP contribution in [-0.2, 0) is 12.8 Å². The summed E-state index contributed by atoms with van der Waals surface area (Å²) in [6.45, 7) is 9.26. The van der Waals surface area contributed by atoms with E-state index in [2.05, 4.69) is 100 Å². The molecule has 2 atom stereocenters. The summed E-state index contributed by atoms with van der Waals surface area (Å²) in [5.74, 6) is 1.66. The lowest BCUT2D eigenvalue weighted by molar-refractivity contribution is 0.422. The number of rotatable bonds is 18. The molecule has 0 radical (unpaired) electrons. The first-order valence-electron chi connectivity index (χ1n) is 19.9. The summed E-state index contributed by atoms with van der Waals surface area (Å²) in [6, 6.07) is 27.3. The van der Waals surface area contributed by atoms with Crippen molar-refractivity contribution in [3.05, 3.63) is 96.3 Å². The molecule has 4 aromatic heterocycles. The Morgan fingerprint density at radius 1 is 0.472 bits per heavy atom. The fourth-order valence-corrected chi connectivity index (χ4v) is 10.3. The van der Waals surface area contributed by atoms with Crippen LogP contribution in [0.25, 0.3) is 63.8 Å². The third-order valence-corrected chi connectivity index (χ3v) is 13.9. The standard InChI is InChI=1S/C46H52N4S3/c1-5-9-11-31(7-3)13-15-33-17-21-35(22-18-33)37-25-27-39(51-37)41-43-44(48-30-29-47-43)42(46-45(41)49-53-50-46)40-28-26-38(52-40)36-23-19-34(20-24-36)16-14-32(8-4)12-10-6-2/h17-32H,5-16H2,1-4H3. The SMILES string of the molecule is CCCCC(CC)CCc1ccc(-c2ccc(-c3c4nccnc4c(-c4ccc(-c5ccc(CCC(CC)CCCC)cc5)s4)c4nsnc34)s2)cc1. The number of unbranched alkanes of at least 4 members (excludes halogenated alkanes) is 2. The summed E-state index contributed by atoms with van der Waals surface area (Å²) in [5, 5.41) is 0. The van der Waals surface area contributed by atoms with Gasteiger partial charge in [0.25, 0.3) is 0 Å². The van der Waals surface area contributed by atoms with Crippen LogP contribution >= 0.6 is 34.4 Å². The van der Waals surface area contributed by atoms with Crippen LogP contribution in [0, 0.1) is 11.8 Å². The molecule has 7 rings (SSSR count). The Kier molecular flexibility index (Phi) is 12.8. The molecule has 4 heterocycles. The van der Waals surface area contributed by atoms with Crippen LogP contribution in [0.4, 0.5) is 0 Å². The van der Waals surface area contributed by atoms with Gasteiger partial charge in [0.05, 0.1) is 11.7 Å². The van der Waals surface area contributed by atoms with Gasteiger partial charge in [0.1, 0.15) is 22.1 Å². The van der Waals surface area contributed by atoms with Crippen molar-refractivity contribution in [1.29, 1.82) is 0 Å². The van der Waals surface area contributed by atoms with E-state index in [4.69, 9.17) is 18.7 Å². The summed E-state index contributed by atoms with van der Waals surface area (Å²) >= 11 is 4.86. The molecule has 4 nitrogen and oxygen atoms in total. The Balaban J connectivity index is 1.13. The van der Waals surface area contributed by atoms with Crippen molar-refractivity contribution in [2.24, 2.45) is 11.8 Å². The van der Waals surface area contributed by atoms with Gasteiger partial charge in [0.2, 0.25) is 0 Å². The number of nitrogens with zero attached hydrogens (tertiary/aromatic N) is 4. The summed E-state index contributed by atoms with van der Waals surface area (Å²) in [4.78, 5) is 14.7. The lowest BCUT2D eigenvalue weighted by atomic mass is 9.92. The predicted molar refractivity (Wildman–Crippen MR) is 231 cm³/mol. The number of hydrogen-bond acceptors (Lipinski definition) is 7. The molecular formula is C46H52N4S3. The minimum Gasteiger partial charge on any atom is -0.252 e. The number of fused-ring (bicyclic) bond motifs is 2. The maximum atomic E-state index is 4.94. The van der Waals surface area contributed by atoms with E-state index in [0.29, 0.717) is 0 Å². The van der Waals surface area contributed by atoms with Gasteiger partial charge in [-0.1, -0.05) is 128 Å². The largest absolute Gasteiger partial charge is 0.252 e. The molecule has 0 bridgehead atoms. The lowest BCUT2D eigenvalue weighted by Gasteiger charge is -2.14. The van der Waals surface area contributed by atoms with Gasteiger partial charge in [-0.3, -0.25) is 9.97 Å². The maximum absolute atomic E-state index is 4.94. The molecular weight excluding hydrogens is 705 g/mol. The van der Waals surface area contributed by atoms with Crippen LogP contribution in [-0.4, -0.2) is 18.7 Å². The molecule has 0 fully saturated rings. The van der Waals surface area contributed by atoms with Crippen LogP contribution < -0.4 is 0 Å². The monoisotopic (exact) mass is 756 g/mol. The summed E-state index contributed by atoms with van der Waals surface area (Å²) < 4.78 is 9.77. The summed E-state index contributed by atoms with van der Waals surface area (Å²) in [6.07, 6.45) is 19.0. The normalized spacial score (nSPS) is 12.9. The van der Waals surface area contributed by atoms with Crippen LogP contribution in [0.15, 0.2) is 85.2 Å². The van der Waals surface area contributed by atoms with Crippen molar-refractivity contribution < 1.29 is 0 Å². The van der Waals surface area contributed by atoms with Crippen molar-refractivity contribution in [3.8, 4) is 41.8 Å². The first kappa shape index (κ1) is 37.5. The first-order chi connectivity index (χ1) is 26.1. The zero-order chi connectivity index (χ0) is 36.6. The predicted octanol–water partition coefficient (Wildman–Crippen LogP) is 14.7. The maximum Gasteiger partial charge on any atom is 0.116 e. The highest BCUT2D eigenvalue weighted by molar-refractivity contribution is 7.19. The zero-order valence-electron chi connectivity index (χ0n) is 31.7. The molecule has 0 saturated carbocycles. The summed E-state index contributed by atoms with van der Waals surface area (Å²) in [5.41, 5.74) is 11.0. The molecule has 0 aliphatic rings. The van der Waals surface area contributed by atoms with Gasteiger partial charge in [-0.05, 0) is 84.0 Å². The van der Waals surface area contributed by atoms with Crippen LogP contribution in [0.3, 0.4) is 0 Å². The van der Waals surface area contributed by atoms with E-state index in [1.165, 1.54) is 108 Å². The molecule has 0 aliphatic carbocycles. The van der Waals surface area contributed by atoms with E-state index in [1.54, 1.807) is 35.1 Å². The number of aryl methyl sites for hydroxylation is 2. The minimum absolute atomic E-state index is 0.832. The molecule has 274 valence electrons. The van der Waals surface area contributed by atoms with E-state index in [0.717, 1.165) is 67.6 Å². The van der Waals surface area contributed by atoms with E-state index in [1.807, 2.05) is 0 Å². The quantitative estimate of drug-likeness (QED) is 0.0875. The third-order valence-electron chi connectivity index (χ3n) is 11.1. The second-order valence-corrected chi connectivity index (χ2v) is 17.3. The molecule has 7 heteroatoms. The van der Waals surface area contributed by atoms with Crippen LogP contribution in [0.2, 0.25) is 0 Å². The average molecular weight is 757 g/mol. The fourth-order valence-electron chi connectivity index (χ4n) is 7.67. The number of benzene rings is 3. The van der Waals surface area contributed by atoms with Gasteiger partial charge < -0.3 is 0 Å². The van der Waals surface area contributed by atoms with Gasteiger partial charge in [-0.2, -0.15) is 8.75 Å². The topological polar surface area (TPSA) is 51.6 Å². The Labute approximate surface area is 328 Å². The van der Waals surface area contributed by atoms with Gasteiger partial charge >= 0.3 is 0 Å². The van der Waals surface area contributed by atoms with Gasteiger partial charge in [0.15, 0.2) is 0 Å². The molecule has 0 spiro atoms. The molecule has 0 amide bonds. The Morgan fingerprint density at radius 2 is 0.887 bits per heavy atom. The Bertz CT molecular complexity index is 2050. The van der Waals surface area contributed by atoms with E-state index < -0.39 is 0 Å². The zero-order valence-corrected chi connectivity index (χ0v) is 34.2. The van der Waals surface area contributed by atoms with Crippen molar-refractivity contribution in [3.63, 3.8) is 0 Å². The number of aromatic nitrogens is 4. The Hall–Kier alpha value is -3.78. The van der Waals surface area contributed by atoms with Gasteiger partial charge in [-0.15, -0.1) is 22.7 Å². The van der Waals surface area contributed by atoms with E-state index >= 15 is 0 Å². The van der Waals surface area contributed by atoms with Crippen LogP contribution in [0.5, 0.6) is 0 Å². The molecule has 3 aromatic carbocycles. The van der Waals surface area contributed by atoms with Crippen molar-refractivity contribution in [2.75, 3.05) is 0 Å². The van der Waals surface area contributed by atoms with Gasteiger partial charge in [-0.25, -0.2) is 0 Å². The van der Waals surface area contributed by atoms with E-state index in [9.17, 15) is 0 Å². The smallest absolute Gasteiger partial charge is 0.116 e. The highest BCUT2D eigenvalue weighted by Gasteiger charge is 2.24. The Morgan fingerprint density at radius 3 is 1.28 bits per heavy atom. The molecule has 2 unspecified atom stereocenters. The second kappa shape index (κ2) is 18.0. The molecule has 7 aromatic rings. The average Bonchev–Trinajstić information content (AvgIpc) is 4.00. The second-order valence-electron chi connectivity index (χ2n) is 14.6. The first-order valence-corrected chi connectivity index (χ1v) is 22.2. The lowest BCUT2D eigenvalue weighted by Crippen LogP contribution is -2.01. The molecule has 53 heavy (non-hydrogen) atoms. The van der Waals surface area contributed by atoms with Crippen molar-refractivity contribution >= 4 is 56.5 Å².